The Balaban J connectivity index is 2.81. The number of thiazole rings is 1. The molecule has 0 aliphatic carbocycles. The number of carbonyl (C=O) groups excluding carboxylic acids is 1. The van der Waals surface area contributed by atoms with E-state index in [0.29, 0.717) is 13.0 Å². The number of rotatable bonds is 5. The fourth-order valence-electron chi connectivity index (χ4n) is 1.40. The highest BCUT2D eigenvalue weighted by molar-refractivity contribution is 7.09. The van der Waals surface area contributed by atoms with Gasteiger partial charge in [0.1, 0.15) is 5.01 Å². The van der Waals surface area contributed by atoms with Crippen molar-refractivity contribution in [3.8, 4) is 0 Å². The van der Waals surface area contributed by atoms with Crippen molar-refractivity contribution in [2.45, 2.75) is 39.2 Å². The Bertz CT molecular complexity index is 364. The minimum atomic E-state index is -0.370. The van der Waals surface area contributed by atoms with Crippen molar-refractivity contribution < 1.29 is 4.79 Å². The Morgan fingerprint density at radius 2 is 2.38 bits per heavy atom. The topological polar surface area (TPSA) is 68.0 Å². The second-order valence-electron chi connectivity index (χ2n) is 4.07. The monoisotopic (exact) mass is 241 g/mol. The van der Waals surface area contributed by atoms with Gasteiger partial charge in [-0.3, -0.25) is 4.79 Å². The van der Waals surface area contributed by atoms with Gasteiger partial charge in [-0.25, -0.2) is 4.98 Å². The van der Waals surface area contributed by atoms with Gasteiger partial charge < -0.3 is 11.1 Å². The van der Waals surface area contributed by atoms with E-state index in [0.717, 1.165) is 17.1 Å². The van der Waals surface area contributed by atoms with Gasteiger partial charge >= 0.3 is 0 Å². The molecule has 1 atom stereocenters. The van der Waals surface area contributed by atoms with Crippen LogP contribution in [0, 0.1) is 6.92 Å². The Kier molecular flexibility index (Phi) is 4.44. The minimum Gasteiger partial charge on any atom is -0.344 e. The van der Waals surface area contributed by atoms with Crippen LogP contribution in [0.4, 0.5) is 0 Å². The predicted octanol–water partition coefficient (Wildman–Crippen LogP) is 1.54. The van der Waals surface area contributed by atoms with E-state index in [1.165, 1.54) is 0 Å². The summed E-state index contributed by atoms with van der Waals surface area (Å²) in [7, 11) is 0. The Labute approximate surface area is 100 Å². The quantitative estimate of drug-likeness (QED) is 0.821. The fraction of sp³-hybridized carbons (Fsp3) is 0.636. The zero-order valence-electron chi connectivity index (χ0n) is 10.0. The van der Waals surface area contributed by atoms with Crippen molar-refractivity contribution in [1.29, 1.82) is 0 Å². The molecule has 0 spiro atoms. The first-order valence-electron chi connectivity index (χ1n) is 5.45. The van der Waals surface area contributed by atoms with E-state index in [4.69, 9.17) is 5.73 Å². The first-order valence-corrected chi connectivity index (χ1v) is 6.33. The summed E-state index contributed by atoms with van der Waals surface area (Å²) in [5.74, 6) is -0.0142. The molecule has 1 heterocycles. The number of nitrogens with one attached hydrogen (secondary N) is 1. The molecule has 0 saturated carbocycles. The molecule has 1 rings (SSSR count). The third-order valence-corrected chi connectivity index (χ3v) is 3.81. The molecule has 0 aliphatic heterocycles. The van der Waals surface area contributed by atoms with Crippen LogP contribution < -0.4 is 11.1 Å². The maximum Gasteiger partial charge on any atom is 0.222 e. The van der Waals surface area contributed by atoms with Crippen LogP contribution in [0.3, 0.4) is 0 Å². The number of hydrogen-bond donors (Lipinski definition) is 2. The van der Waals surface area contributed by atoms with Crippen molar-refractivity contribution in [3.63, 3.8) is 0 Å². The highest BCUT2D eigenvalue weighted by Gasteiger charge is 2.29. The first-order chi connectivity index (χ1) is 7.51. The third kappa shape index (κ3) is 3.02. The molecule has 0 saturated heterocycles. The van der Waals surface area contributed by atoms with Crippen LogP contribution in [0.1, 0.15) is 37.4 Å². The van der Waals surface area contributed by atoms with Gasteiger partial charge in [-0.2, -0.15) is 0 Å². The standard InChI is InChI=1S/C11H19N3OS/c1-4-11(3,14-9(15)5-6-12)10-13-8(2)7-16-10/h7H,4-6,12H2,1-3H3,(H,14,15). The molecule has 4 nitrogen and oxygen atoms in total. The maximum absolute atomic E-state index is 11.6. The molecule has 0 bridgehead atoms. The van der Waals surface area contributed by atoms with E-state index < -0.39 is 0 Å². The average molecular weight is 241 g/mol. The van der Waals surface area contributed by atoms with Crippen LogP contribution >= 0.6 is 11.3 Å². The number of nitrogens with zero attached hydrogens (tertiary/aromatic N) is 1. The van der Waals surface area contributed by atoms with Crippen LogP contribution in [0.2, 0.25) is 0 Å². The number of hydrogen-bond acceptors (Lipinski definition) is 4. The van der Waals surface area contributed by atoms with Crippen LogP contribution in [0.25, 0.3) is 0 Å². The molecular formula is C11H19N3OS. The third-order valence-electron chi connectivity index (χ3n) is 2.58. The van der Waals surface area contributed by atoms with Crippen LogP contribution in [0.15, 0.2) is 5.38 Å². The second kappa shape index (κ2) is 5.41. The van der Waals surface area contributed by atoms with E-state index in [1.54, 1.807) is 11.3 Å². The SMILES string of the molecule is CCC(C)(NC(=O)CCN)c1nc(C)cs1. The molecule has 90 valence electrons. The summed E-state index contributed by atoms with van der Waals surface area (Å²) in [5.41, 5.74) is 5.98. The lowest BCUT2D eigenvalue weighted by atomic mass is 9.99. The van der Waals surface area contributed by atoms with Gasteiger partial charge in [0, 0.05) is 24.0 Å². The summed E-state index contributed by atoms with van der Waals surface area (Å²) >= 11 is 1.58. The van der Waals surface area contributed by atoms with E-state index >= 15 is 0 Å². The number of aryl methyl sites for hydroxylation is 1. The van der Waals surface area contributed by atoms with Gasteiger partial charge in [-0.15, -0.1) is 11.3 Å². The molecular weight excluding hydrogens is 222 g/mol. The van der Waals surface area contributed by atoms with Crippen molar-refractivity contribution in [1.82, 2.24) is 10.3 Å². The summed E-state index contributed by atoms with van der Waals surface area (Å²) in [4.78, 5) is 16.0. The van der Waals surface area contributed by atoms with Crippen molar-refractivity contribution >= 4 is 17.2 Å². The highest BCUT2D eigenvalue weighted by Crippen LogP contribution is 2.27. The maximum atomic E-state index is 11.6. The second-order valence-corrected chi connectivity index (χ2v) is 4.92. The molecule has 1 unspecified atom stereocenters. The van der Waals surface area contributed by atoms with E-state index in [-0.39, 0.29) is 11.4 Å². The Morgan fingerprint density at radius 1 is 1.69 bits per heavy atom. The largest absolute Gasteiger partial charge is 0.344 e. The average Bonchev–Trinajstić information content (AvgIpc) is 2.65. The van der Waals surface area contributed by atoms with Gasteiger partial charge in [0.15, 0.2) is 0 Å². The number of aromatic nitrogens is 1. The lowest BCUT2D eigenvalue weighted by molar-refractivity contribution is -0.122. The molecule has 0 aliphatic rings. The normalized spacial score (nSPS) is 14.5. The van der Waals surface area contributed by atoms with E-state index in [1.807, 2.05) is 26.2 Å². The minimum absolute atomic E-state index is 0.0142. The number of carbonyl (C=O) groups is 1. The summed E-state index contributed by atoms with van der Waals surface area (Å²) in [6.45, 7) is 6.37. The molecule has 0 fully saturated rings. The van der Waals surface area contributed by atoms with Crippen LogP contribution in [-0.2, 0) is 10.3 Å². The molecule has 1 amide bonds. The summed E-state index contributed by atoms with van der Waals surface area (Å²) in [6, 6.07) is 0. The fourth-order valence-corrected chi connectivity index (χ4v) is 2.39. The predicted molar refractivity (Wildman–Crippen MR) is 66.3 cm³/mol. The van der Waals surface area contributed by atoms with Crippen molar-refractivity contribution in [3.05, 3.63) is 16.1 Å². The zero-order chi connectivity index (χ0) is 12.2. The van der Waals surface area contributed by atoms with Gasteiger partial charge in [-0.05, 0) is 20.3 Å². The summed E-state index contributed by atoms with van der Waals surface area (Å²) < 4.78 is 0. The lowest BCUT2D eigenvalue weighted by Crippen LogP contribution is -2.43. The molecule has 3 N–H and O–H groups in total. The van der Waals surface area contributed by atoms with Gasteiger partial charge in [0.25, 0.3) is 0 Å². The molecule has 0 radical (unpaired) electrons. The Hall–Kier alpha value is -0.940. The molecule has 1 aromatic heterocycles. The molecule has 5 heteroatoms. The molecule has 16 heavy (non-hydrogen) atoms. The highest BCUT2D eigenvalue weighted by atomic mass is 32.1. The van der Waals surface area contributed by atoms with E-state index in [9.17, 15) is 4.79 Å². The van der Waals surface area contributed by atoms with Gasteiger partial charge in [-0.1, -0.05) is 6.92 Å². The van der Waals surface area contributed by atoms with Gasteiger partial charge in [0.05, 0.1) is 5.54 Å². The van der Waals surface area contributed by atoms with Crippen molar-refractivity contribution in [2.24, 2.45) is 5.73 Å². The smallest absolute Gasteiger partial charge is 0.222 e. The first kappa shape index (κ1) is 13.1. The number of nitrogens with two attached hydrogens (primary N) is 1. The number of amides is 1. The van der Waals surface area contributed by atoms with Crippen molar-refractivity contribution in [2.75, 3.05) is 6.54 Å². The summed E-state index contributed by atoms with van der Waals surface area (Å²) in [5, 5.41) is 5.96. The van der Waals surface area contributed by atoms with Crippen LogP contribution in [-0.4, -0.2) is 17.4 Å². The zero-order valence-corrected chi connectivity index (χ0v) is 10.9. The van der Waals surface area contributed by atoms with E-state index in [2.05, 4.69) is 10.3 Å². The molecule has 1 aromatic rings. The molecule has 0 aromatic carbocycles. The lowest BCUT2D eigenvalue weighted by Gasteiger charge is -2.27. The van der Waals surface area contributed by atoms with Gasteiger partial charge in [0.2, 0.25) is 5.91 Å². The summed E-state index contributed by atoms with van der Waals surface area (Å²) in [6.07, 6.45) is 1.18. The van der Waals surface area contributed by atoms with Crippen LogP contribution in [0.5, 0.6) is 0 Å². The Morgan fingerprint density at radius 3 is 2.81 bits per heavy atom.